The van der Waals surface area contributed by atoms with E-state index in [0.717, 1.165) is 6.08 Å². The van der Waals surface area contributed by atoms with Crippen molar-refractivity contribution >= 4 is 18.1 Å². The summed E-state index contributed by atoms with van der Waals surface area (Å²) in [5.74, 6) is -1.96. The molecular formula is C26H24F6N4O5. The molecule has 1 unspecified atom stereocenters. The second-order valence-corrected chi connectivity index (χ2v) is 9.56. The van der Waals surface area contributed by atoms with Gasteiger partial charge in [0.1, 0.15) is 11.3 Å². The van der Waals surface area contributed by atoms with Crippen molar-refractivity contribution in [1.82, 2.24) is 15.2 Å². The number of pyridine rings is 1. The Labute approximate surface area is 229 Å². The van der Waals surface area contributed by atoms with Gasteiger partial charge in [-0.15, -0.1) is 16.8 Å². The maximum atomic E-state index is 14.5. The number of hydrogen-bond donors (Lipinski definition) is 1. The Kier molecular flexibility index (Phi) is 8.91. The van der Waals surface area contributed by atoms with Gasteiger partial charge in [-0.25, -0.2) is 9.78 Å². The number of carbonyl (C=O) groups excluding carboxylic acids is 2. The van der Waals surface area contributed by atoms with Gasteiger partial charge < -0.3 is 13.9 Å². The summed E-state index contributed by atoms with van der Waals surface area (Å²) in [7, 11) is 0. The molecule has 0 fully saturated rings. The van der Waals surface area contributed by atoms with E-state index in [-0.39, 0.29) is 6.29 Å². The first-order valence-corrected chi connectivity index (χ1v) is 11.8. The number of carbonyl (C=O) groups is 2. The fraction of sp³-hybridized carbons (Fsp3) is 0.346. The minimum Gasteiger partial charge on any atom is -0.444 e. The Balaban J connectivity index is 2.16. The molecule has 0 aliphatic heterocycles. The summed E-state index contributed by atoms with van der Waals surface area (Å²) < 4.78 is 100. The maximum Gasteiger partial charge on any atom is 0.426 e. The molecule has 1 N–H and O–H groups in total. The molecule has 3 aromatic rings. The second kappa shape index (κ2) is 11.7. The van der Waals surface area contributed by atoms with Gasteiger partial charge in [0.25, 0.3) is 11.8 Å². The molecule has 1 amide bonds. The minimum atomic E-state index is -5.14. The Bertz CT molecular complexity index is 1400. The number of benzene rings is 1. The minimum absolute atomic E-state index is 0.221. The molecular weight excluding hydrogens is 562 g/mol. The summed E-state index contributed by atoms with van der Waals surface area (Å²) in [4.78, 5) is 27.4. The smallest absolute Gasteiger partial charge is 0.426 e. The Morgan fingerprint density at radius 3 is 2.27 bits per heavy atom. The zero-order valence-corrected chi connectivity index (χ0v) is 21.9. The molecule has 3 rings (SSSR count). The fourth-order valence-corrected chi connectivity index (χ4v) is 3.51. The highest BCUT2D eigenvalue weighted by Crippen LogP contribution is 2.46. The third-order valence-corrected chi connectivity index (χ3v) is 5.30. The molecule has 0 aliphatic rings. The van der Waals surface area contributed by atoms with Crippen LogP contribution in [0.15, 0.2) is 53.5 Å². The monoisotopic (exact) mass is 586 g/mol. The van der Waals surface area contributed by atoms with Gasteiger partial charge in [0.15, 0.2) is 12.0 Å². The van der Waals surface area contributed by atoms with Crippen molar-refractivity contribution in [2.24, 2.45) is 0 Å². The quantitative estimate of drug-likeness (QED) is 0.164. The fourth-order valence-electron chi connectivity index (χ4n) is 3.51. The molecule has 0 aliphatic carbocycles. The van der Waals surface area contributed by atoms with Crippen molar-refractivity contribution in [1.29, 1.82) is 0 Å². The third-order valence-electron chi connectivity index (χ3n) is 5.30. The predicted octanol–water partition coefficient (Wildman–Crippen LogP) is 6.86. The molecule has 1 aromatic carbocycles. The van der Waals surface area contributed by atoms with Crippen molar-refractivity contribution in [3.8, 4) is 11.6 Å². The average molecular weight is 586 g/mol. The van der Waals surface area contributed by atoms with Crippen LogP contribution in [0.3, 0.4) is 0 Å². The van der Waals surface area contributed by atoms with Crippen LogP contribution >= 0.6 is 0 Å². The molecule has 9 nitrogen and oxygen atoms in total. The van der Waals surface area contributed by atoms with E-state index in [0.29, 0.717) is 11.6 Å². The normalized spacial score (nSPS) is 13.8. The molecule has 0 bridgehead atoms. The van der Waals surface area contributed by atoms with Gasteiger partial charge in [0.2, 0.25) is 5.60 Å². The van der Waals surface area contributed by atoms with E-state index in [1.807, 2.05) is 5.32 Å². The van der Waals surface area contributed by atoms with Crippen molar-refractivity contribution < 1.29 is 49.8 Å². The van der Waals surface area contributed by atoms with Crippen molar-refractivity contribution in [3.05, 3.63) is 71.8 Å². The summed E-state index contributed by atoms with van der Waals surface area (Å²) in [6, 6.07) is 8.24. The Hall–Kier alpha value is -4.27. The summed E-state index contributed by atoms with van der Waals surface area (Å²) in [6.07, 6.45) is -11.6. The number of amides is 1. The van der Waals surface area contributed by atoms with E-state index < -0.39 is 77.1 Å². The van der Waals surface area contributed by atoms with Crippen molar-refractivity contribution in [2.75, 3.05) is 5.32 Å². The van der Waals surface area contributed by atoms with Crippen LogP contribution in [-0.4, -0.2) is 39.3 Å². The zero-order chi connectivity index (χ0) is 30.6. The van der Waals surface area contributed by atoms with Crippen LogP contribution in [-0.2, 0) is 27.9 Å². The SMILES string of the molecule is C=CCC(OCc1ccccc1)(c1nnc(-c2nc(C=O)c(C(F)(F)F)cc2NC(=O)OC(C)(C)C)o1)C(F)(F)F. The third kappa shape index (κ3) is 7.28. The lowest BCUT2D eigenvalue weighted by atomic mass is 9.98. The highest BCUT2D eigenvalue weighted by molar-refractivity contribution is 5.91. The number of ether oxygens (including phenoxy) is 2. The molecule has 1 atom stereocenters. The number of nitrogens with zero attached hydrogens (tertiary/aromatic N) is 3. The van der Waals surface area contributed by atoms with E-state index in [1.54, 1.807) is 18.2 Å². The van der Waals surface area contributed by atoms with Gasteiger partial charge in [-0.3, -0.25) is 10.1 Å². The standard InChI is InChI=1S/C26H24F6N4O5/c1-5-11-24(26(30,31)32,39-14-15-9-7-6-8-10-15)21-36-35-20(40-21)19-17(34-22(38)41-23(2,3)4)12-16(25(27,28)29)18(13-37)33-19/h5-10,12-13H,1,11,14H2,2-4H3,(H,34,38). The van der Waals surface area contributed by atoms with Crippen LogP contribution < -0.4 is 5.32 Å². The highest BCUT2D eigenvalue weighted by Gasteiger charge is 2.60. The van der Waals surface area contributed by atoms with Gasteiger partial charge in [0, 0.05) is 6.42 Å². The van der Waals surface area contributed by atoms with E-state index in [1.165, 1.54) is 32.9 Å². The van der Waals surface area contributed by atoms with Crippen molar-refractivity contribution in [2.45, 2.75) is 57.4 Å². The first kappa shape index (κ1) is 31.3. The number of halogens is 6. The average Bonchev–Trinajstić information content (AvgIpc) is 3.35. The van der Waals surface area contributed by atoms with Crippen LogP contribution in [0.2, 0.25) is 0 Å². The van der Waals surface area contributed by atoms with E-state index in [4.69, 9.17) is 13.9 Å². The Morgan fingerprint density at radius 2 is 1.73 bits per heavy atom. The zero-order valence-electron chi connectivity index (χ0n) is 21.9. The topological polar surface area (TPSA) is 116 Å². The first-order chi connectivity index (χ1) is 19.0. The van der Waals surface area contributed by atoms with Crippen molar-refractivity contribution in [3.63, 3.8) is 0 Å². The van der Waals surface area contributed by atoms with Crippen LogP contribution in [0.25, 0.3) is 11.6 Å². The number of anilines is 1. The molecule has 0 saturated heterocycles. The lowest BCUT2D eigenvalue weighted by molar-refractivity contribution is -0.295. The van der Waals surface area contributed by atoms with E-state index >= 15 is 0 Å². The predicted molar refractivity (Wildman–Crippen MR) is 132 cm³/mol. The molecule has 2 heterocycles. The number of aldehydes is 1. The summed E-state index contributed by atoms with van der Waals surface area (Å²) in [5, 5.41) is 9.04. The number of hydrogen-bond acceptors (Lipinski definition) is 8. The van der Waals surface area contributed by atoms with Gasteiger partial charge in [-0.2, -0.15) is 26.3 Å². The summed E-state index contributed by atoms with van der Waals surface area (Å²) in [6.45, 7) is 7.26. The van der Waals surface area contributed by atoms with Crippen LogP contribution in [0.4, 0.5) is 36.8 Å². The van der Waals surface area contributed by atoms with Crippen LogP contribution in [0, 0.1) is 0 Å². The largest absolute Gasteiger partial charge is 0.444 e. The lowest BCUT2D eigenvalue weighted by Crippen LogP contribution is -2.45. The Morgan fingerprint density at radius 1 is 1.07 bits per heavy atom. The van der Waals surface area contributed by atoms with Gasteiger partial charge >= 0.3 is 18.4 Å². The molecule has 0 spiro atoms. The van der Waals surface area contributed by atoms with Crippen LogP contribution in [0.1, 0.15) is 54.7 Å². The molecule has 15 heteroatoms. The second-order valence-electron chi connectivity index (χ2n) is 9.56. The molecule has 220 valence electrons. The molecule has 0 saturated carbocycles. The van der Waals surface area contributed by atoms with Gasteiger partial charge in [-0.05, 0) is 32.4 Å². The number of aromatic nitrogens is 3. The highest BCUT2D eigenvalue weighted by atomic mass is 19.4. The van der Waals surface area contributed by atoms with Gasteiger partial charge in [0.05, 0.1) is 17.9 Å². The van der Waals surface area contributed by atoms with Gasteiger partial charge in [-0.1, -0.05) is 36.4 Å². The molecule has 2 aromatic heterocycles. The maximum absolute atomic E-state index is 14.5. The number of nitrogens with one attached hydrogen (secondary N) is 1. The summed E-state index contributed by atoms with van der Waals surface area (Å²) >= 11 is 0. The lowest BCUT2D eigenvalue weighted by Gasteiger charge is -2.31. The molecule has 0 radical (unpaired) electrons. The van der Waals surface area contributed by atoms with E-state index in [2.05, 4.69) is 21.8 Å². The summed E-state index contributed by atoms with van der Waals surface area (Å²) in [5.41, 5.74) is -8.03. The molecule has 41 heavy (non-hydrogen) atoms. The first-order valence-electron chi connectivity index (χ1n) is 11.8. The number of alkyl halides is 6. The van der Waals surface area contributed by atoms with E-state index in [9.17, 15) is 35.9 Å². The number of rotatable bonds is 9. The van der Waals surface area contributed by atoms with Crippen LogP contribution in [0.5, 0.6) is 0 Å².